The number of nitrogens with zero attached hydrogens (tertiary/aromatic N) is 2. The van der Waals surface area contributed by atoms with Crippen molar-refractivity contribution in [3.63, 3.8) is 0 Å². The lowest BCUT2D eigenvalue weighted by atomic mass is 10.1. The normalized spacial score (nSPS) is 16.8. The Bertz CT molecular complexity index is 800. The Kier molecular flexibility index (Phi) is 5.73. The van der Waals surface area contributed by atoms with Crippen LogP contribution in [0.2, 0.25) is 0 Å². The van der Waals surface area contributed by atoms with Crippen LogP contribution >= 0.6 is 0 Å². The first-order valence-corrected chi connectivity index (χ1v) is 9.03. The van der Waals surface area contributed by atoms with Crippen LogP contribution in [0.4, 0.5) is 18.9 Å². The van der Waals surface area contributed by atoms with Gasteiger partial charge in [0.15, 0.2) is 0 Å². The zero-order chi connectivity index (χ0) is 19.4. The second-order valence-corrected chi connectivity index (χ2v) is 6.84. The van der Waals surface area contributed by atoms with Crippen molar-refractivity contribution in [3.8, 4) is 11.5 Å². The number of benzene rings is 1. The van der Waals surface area contributed by atoms with Gasteiger partial charge in [0.05, 0.1) is 6.20 Å². The first-order chi connectivity index (χ1) is 12.8. The minimum atomic E-state index is -4.09. The highest BCUT2D eigenvalue weighted by Crippen LogP contribution is 2.32. The van der Waals surface area contributed by atoms with E-state index in [1.165, 1.54) is 0 Å². The molecule has 144 valence electrons. The van der Waals surface area contributed by atoms with Crippen LogP contribution in [0, 0.1) is 13.8 Å². The molecule has 1 aromatic carbocycles. The maximum absolute atomic E-state index is 12.4. The molecular formula is C21H23F3N2O. The average molecular weight is 376 g/mol. The summed E-state index contributed by atoms with van der Waals surface area (Å²) in [5.41, 5.74) is 2.88. The van der Waals surface area contributed by atoms with Crippen LogP contribution in [-0.4, -0.2) is 23.7 Å². The smallest absolute Gasteiger partial charge is 0.389 e. The highest BCUT2D eigenvalue weighted by atomic mass is 19.4. The third-order valence-corrected chi connectivity index (χ3v) is 4.62. The molecule has 0 spiro atoms. The molecule has 1 aliphatic heterocycles. The third-order valence-electron chi connectivity index (χ3n) is 4.62. The van der Waals surface area contributed by atoms with Gasteiger partial charge in [0.2, 0.25) is 0 Å². The number of halogens is 3. The molecule has 0 aliphatic carbocycles. The molecule has 0 bridgehead atoms. The predicted octanol–water partition coefficient (Wildman–Crippen LogP) is 5.97. The molecule has 0 N–H and O–H groups in total. The molecule has 1 aliphatic rings. The maximum atomic E-state index is 12.4. The zero-order valence-electron chi connectivity index (χ0n) is 15.5. The fourth-order valence-electron chi connectivity index (χ4n) is 3.20. The third kappa shape index (κ3) is 5.25. The van der Waals surface area contributed by atoms with Gasteiger partial charge >= 0.3 is 6.18 Å². The van der Waals surface area contributed by atoms with E-state index in [9.17, 15) is 13.2 Å². The van der Waals surface area contributed by atoms with Crippen molar-refractivity contribution in [2.75, 3.05) is 11.4 Å². The molecule has 0 saturated heterocycles. The van der Waals surface area contributed by atoms with Crippen LogP contribution in [0.1, 0.15) is 30.5 Å². The van der Waals surface area contributed by atoms with Crippen molar-refractivity contribution >= 4 is 5.69 Å². The van der Waals surface area contributed by atoms with E-state index in [1.807, 2.05) is 56.3 Å². The van der Waals surface area contributed by atoms with Gasteiger partial charge in [-0.25, -0.2) is 0 Å². The Balaban J connectivity index is 1.66. The summed E-state index contributed by atoms with van der Waals surface area (Å²) in [5.74, 6) is 1.41. The molecule has 27 heavy (non-hydrogen) atoms. The fraction of sp³-hybridized carbons (Fsp3) is 0.381. The number of pyridine rings is 1. The summed E-state index contributed by atoms with van der Waals surface area (Å²) in [6.07, 6.45) is 1.49. The monoisotopic (exact) mass is 376 g/mol. The van der Waals surface area contributed by atoms with E-state index in [1.54, 1.807) is 6.20 Å². The molecule has 1 aromatic heterocycles. The van der Waals surface area contributed by atoms with E-state index in [4.69, 9.17) is 4.74 Å². The fourth-order valence-corrected chi connectivity index (χ4v) is 3.20. The Hall–Kier alpha value is -2.50. The average Bonchev–Trinajstić information content (AvgIpc) is 3.06. The summed E-state index contributed by atoms with van der Waals surface area (Å²) in [4.78, 5) is 6.35. The zero-order valence-corrected chi connectivity index (χ0v) is 15.5. The molecular weight excluding hydrogens is 353 g/mol. The van der Waals surface area contributed by atoms with E-state index in [0.717, 1.165) is 22.7 Å². The number of alkyl halides is 3. The van der Waals surface area contributed by atoms with Crippen LogP contribution in [0.5, 0.6) is 11.5 Å². The van der Waals surface area contributed by atoms with Gasteiger partial charge in [-0.3, -0.25) is 4.98 Å². The van der Waals surface area contributed by atoms with Gasteiger partial charge in [0.1, 0.15) is 11.5 Å². The second kappa shape index (κ2) is 8.03. The highest BCUT2D eigenvalue weighted by Gasteiger charge is 2.28. The summed E-state index contributed by atoms with van der Waals surface area (Å²) >= 11 is 0. The van der Waals surface area contributed by atoms with Gasteiger partial charge < -0.3 is 9.64 Å². The van der Waals surface area contributed by atoms with Gasteiger partial charge in [0, 0.05) is 30.4 Å². The maximum Gasteiger partial charge on any atom is 0.389 e. The van der Waals surface area contributed by atoms with Crippen LogP contribution in [0.15, 0.2) is 48.7 Å². The molecule has 0 fully saturated rings. The van der Waals surface area contributed by atoms with E-state index >= 15 is 0 Å². The number of hydrogen-bond acceptors (Lipinski definition) is 3. The topological polar surface area (TPSA) is 25.4 Å². The summed E-state index contributed by atoms with van der Waals surface area (Å²) in [5, 5.41) is 0. The van der Waals surface area contributed by atoms with Crippen molar-refractivity contribution in [3.05, 3.63) is 59.9 Å². The molecule has 6 heteroatoms. The summed E-state index contributed by atoms with van der Waals surface area (Å²) in [6, 6.07) is 9.63. The minimum absolute atomic E-state index is 0.000170. The first-order valence-electron chi connectivity index (χ1n) is 9.03. The van der Waals surface area contributed by atoms with Gasteiger partial charge in [0.25, 0.3) is 0 Å². The number of ether oxygens (including phenoxy) is 1. The number of aromatic nitrogens is 1. The lowest BCUT2D eigenvalue weighted by Crippen LogP contribution is -2.30. The lowest BCUT2D eigenvalue weighted by Gasteiger charge is -2.27. The lowest BCUT2D eigenvalue weighted by molar-refractivity contribution is -0.135. The van der Waals surface area contributed by atoms with Crippen molar-refractivity contribution in [1.29, 1.82) is 0 Å². The summed E-state index contributed by atoms with van der Waals surface area (Å²) < 4.78 is 43.1. The number of aryl methyl sites for hydroxylation is 2. The standard InChI is InChI=1S/C21H23F3N2O/c1-15-13-18(8-10-20(15)27-19-9-7-16(2)25-14-19)26-12-4-6-17(26)5-3-11-21(22,23)24/h4,6-10,13-14,17H,3,5,11-12H2,1-2H3. The highest BCUT2D eigenvalue weighted by molar-refractivity contribution is 5.56. The Morgan fingerprint density at radius 3 is 2.67 bits per heavy atom. The molecule has 0 saturated carbocycles. The largest absolute Gasteiger partial charge is 0.455 e. The molecule has 3 nitrogen and oxygen atoms in total. The van der Waals surface area contributed by atoms with E-state index in [2.05, 4.69) is 9.88 Å². The molecule has 2 aromatic rings. The van der Waals surface area contributed by atoms with Crippen molar-refractivity contribution in [1.82, 2.24) is 4.98 Å². The van der Waals surface area contributed by atoms with Gasteiger partial charge in [-0.15, -0.1) is 0 Å². The summed E-state index contributed by atoms with van der Waals surface area (Å²) in [6.45, 7) is 4.58. The van der Waals surface area contributed by atoms with E-state index < -0.39 is 12.6 Å². The minimum Gasteiger partial charge on any atom is -0.455 e. The molecule has 1 atom stereocenters. The Labute approximate surface area is 157 Å². The Morgan fingerprint density at radius 2 is 2.00 bits per heavy atom. The summed E-state index contributed by atoms with van der Waals surface area (Å²) in [7, 11) is 0. The number of anilines is 1. The number of hydrogen-bond donors (Lipinski definition) is 0. The van der Waals surface area contributed by atoms with Crippen molar-refractivity contribution in [2.24, 2.45) is 0 Å². The molecule has 1 unspecified atom stereocenters. The van der Waals surface area contributed by atoms with E-state index in [0.29, 0.717) is 18.7 Å². The van der Waals surface area contributed by atoms with Gasteiger partial charge in [-0.2, -0.15) is 13.2 Å². The van der Waals surface area contributed by atoms with Crippen LogP contribution in [0.3, 0.4) is 0 Å². The van der Waals surface area contributed by atoms with Crippen LogP contribution < -0.4 is 9.64 Å². The molecule has 2 heterocycles. The molecule has 0 radical (unpaired) electrons. The van der Waals surface area contributed by atoms with Crippen LogP contribution in [-0.2, 0) is 0 Å². The first kappa shape index (κ1) is 19.3. The Morgan fingerprint density at radius 1 is 1.19 bits per heavy atom. The SMILES string of the molecule is Cc1ccc(Oc2ccc(N3CC=CC3CCCC(F)(F)F)cc2C)cn1. The molecule has 0 amide bonds. The van der Waals surface area contributed by atoms with E-state index in [-0.39, 0.29) is 12.5 Å². The van der Waals surface area contributed by atoms with Gasteiger partial charge in [-0.1, -0.05) is 12.2 Å². The second-order valence-electron chi connectivity index (χ2n) is 6.84. The predicted molar refractivity (Wildman–Crippen MR) is 100 cm³/mol. The van der Waals surface area contributed by atoms with Crippen molar-refractivity contribution < 1.29 is 17.9 Å². The quantitative estimate of drug-likeness (QED) is 0.581. The van der Waals surface area contributed by atoms with Crippen LogP contribution in [0.25, 0.3) is 0 Å². The van der Waals surface area contributed by atoms with Gasteiger partial charge in [-0.05, 0) is 62.6 Å². The number of rotatable bonds is 6. The van der Waals surface area contributed by atoms with Crippen molar-refractivity contribution in [2.45, 2.75) is 45.3 Å². The molecule has 3 rings (SSSR count).